The molecule has 1 N–H and O–H groups in total. The molecule has 0 saturated heterocycles. The topological polar surface area (TPSA) is 38.3 Å². The highest BCUT2D eigenvalue weighted by Gasteiger charge is 2.27. The molecule has 1 aliphatic heterocycles. The molecule has 1 aromatic carbocycles. The molecule has 1 aromatic rings. The molecule has 3 heteroatoms. The fraction of sp³-hybridized carbons (Fsp3) is 0.500. The number of amides is 1. The first kappa shape index (κ1) is 12.0. The zero-order valence-electron chi connectivity index (χ0n) is 10.9. The Morgan fingerprint density at radius 3 is 2.65 bits per heavy atom. The molecule has 17 heavy (non-hydrogen) atoms. The van der Waals surface area contributed by atoms with Crippen molar-refractivity contribution in [1.29, 1.82) is 0 Å². The van der Waals surface area contributed by atoms with Crippen LogP contribution in [0.2, 0.25) is 0 Å². The van der Waals surface area contributed by atoms with Crippen molar-refractivity contribution in [1.82, 2.24) is 5.32 Å². The van der Waals surface area contributed by atoms with Gasteiger partial charge in [0.25, 0.3) is 5.91 Å². The molecule has 0 radical (unpaired) electrons. The Kier molecular flexibility index (Phi) is 2.86. The Hall–Kier alpha value is -1.51. The van der Waals surface area contributed by atoms with Crippen LogP contribution in [0.1, 0.15) is 42.3 Å². The molecule has 0 aromatic heterocycles. The van der Waals surface area contributed by atoms with Gasteiger partial charge in [0.15, 0.2) is 0 Å². The van der Waals surface area contributed by atoms with Crippen molar-refractivity contribution in [2.45, 2.75) is 32.6 Å². The monoisotopic (exact) mass is 233 g/mol. The summed E-state index contributed by atoms with van der Waals surface area (Å²) in [6, 6.07) is 3.92. The number of benzene rings is 1. The summed E-state index contributed by atoms with van der Waals surface area (Å²) in [5, 5.41) is 2.65. The van der Waals surface area contributed by atoms with Gasteiger partial charge in [-0.1, -0.05) is 26.8 Å². The minimum absolute atomic E-state index is 0.0800. The van der Waals surface area contributed by atoms with E-state index in [9.17, 15) is 4.79 Å². The molecule has 0 unspecified atom stereocenters. The minimum atomic E-state index is -0.0800. The van der Waals surface area contributed by atoms with E-state index in [1.807, 2.05) is 6.07 Å². The van der Waals surface area contributed by atoms with Gasteiger partial charge in [-0.2, -0.15) is 0 Å². The SMILES string of the molecule is CNC(=O)c1ccc(C(C)(C)C)c2c1OCC2. The summed E-state index contributed by atoms with van der Waals surface area (Å²) in [5.74, 6) is 0.695. The van der Waals surface area contributed by atoms with Crippen LogP contribution >= 0.6 is 0 Å². The molecule has 1 amide bonds. The number of ether oxygens (including phenoxy) is 1. The third-order valence-electron chi connectivity index (χ3n) is 3.14. The van der Waals surface area contributed by atoms with E-state index < -0.39 is 0 Å². The van der Waals surface area contributed by atoms with Crippen molar-refractivity contribution in [3.05, 3.63) is 28.8 Å². The van der Waals surface area contributed by atoms with Crippen LogP contribution in [0.25, 0.3) is 0 Å². The molecule has 92 valence electrons. The normalized spacial score (nSPS) is 14.1. The zero-order chi connectivity index (χ0) is 12.6. The van der Waals surface area contributed by atoms with Crippen LogP contribution in [0.4, 0.5) is 0 Å². The minimum Gasteiger partial charge on any atom is -0.492 e. The number of hydrogen-bond acceptors (Lipinski definition) is 2. The lowest BCUT2D eigenvalue weighted by Gasteiger charge is -2.22. The summed E-state index contributed by atoms with van der Waals surface area (Å²) in [6.45, 7) is 7.22. The molecular formula is C14H19NO2. The molecule has 0 bridgehead atoms. The van der Waals surface area contributed by atoms with Gasteiger partial charge in [-0.25, -0.2) is 0 Å². The molecule has 0 atom stereocenters. The van der Waals surface area contributed by atoms with Crippen molar-refractivity contribution in [3.8, 4) is 5.75 Å². The molecule has 2 rings (SSSR count). The maximum Gasteiger partial charge on any atom is 0.254 e. The summed E-state index contributed by atoms with van der Waals surface area (Å²) in [5.41, 5.74) is 3.20. The first-order valence-corrected chi connectivity index (χ1v) is 5.96. The number of fused-ring (bicyclic) bond motifs is 1. The van der Waals surface area contributed by atoms with E-state index in [2.05, 4.69) is 32.2 Å². The van der Waals surface area contributed by atoms with Gasteiger partial charge >= 0.3 is 0 Å². The summed E-state index contributed by atoms with van der Waals surface area (Å²) < 4.78 is 5.63. The van der Waals surface area contributed by atoms with Crippen LogP contribution in [-0.2, 0) is 11.8 Å². The van der Waals surface area contributed by atoms with Gasteiger partial charge in [0, 0.05) is 19.0 Å². The maximum atomic E-state index is 11.7. The molecule has 0 aliphatic carbocycles. The molecule has 0 spiro atoms. The Balaban J connectivity index is 2.57. The highest BCUT2D eigenvalue weighted by molar-refractivity contribution is 5.97. The van der Waals surface area contributed by atoms with E-state index in [0.717, 1.165) is 12.2 Å². The van der Waals surface area contributed by atoms with Crippen molar-refractivity contribution in [3.63, 3.8) is 0 Å². The number of carbonyl (C=O) groups is 1. The Morgan fingerprint density at radius 1 is 1.35 bits per heavy atom. The highest BCUT2D eigenvalue weighted by Crippen LogP contribution is 2.37. The fourth-order valence-corrected chi connectivity index (χ4v) is 2.31. The maximum absolute atomic E-state index is 11.7. The van der Waals surface area contributed by atoms with Crippen LogP contribution in [0.3, 0.4) is 0 Å². The molecule has 0 saturated carbocycles. The number of carbonyl (C=O) groups excluding carboxylic acids is 1. The largest absolute Gasteiger partial charge is 0.492 e. The zero-order valence-corrected chi connectivity index (χ0v) is 10.9. The van der Waals surface area contributed by atoms with Gasteiger partial charge in [0.05, 0.1) is 12.2 Å². The van der Waals surface area contributed by atoms with Gasteiger partial charge in [0.2, 0.25) is 0 Å². The first-order chi connectivity index (χ1) is 7.95. The predicted octanol–water partition coefficient (Wildman–Crippen LogP) is 2.28. The van der Waals surface area contributed by atoms with Crippen LogP contribution in [0, 0.1) is 0 Å². The lowest BCUT2D eigenvalue weighted by atomic mass is 9.82. The van der Waals surface area contributed by atoms with E-state index in [1.165, 1.54) is 11.1 Å². The van der Waals surface area contributed by atoms with Crippen molar-refractivity contribution < 1.29 is 9.53 Å². The third kappa shape index (κ3) is 2.02. The number of rotatable bonds is 1. The van der Waals surface area contributed by atoms with Gasteiger partial charge in [-0.3, -0.25) is 4.79 Å². The van der Waals surface area contributed by atoms with Crippen molar-refractivity contribution in [2.24, 2.45) is 0 Å². The second kappa shape index (κ2) is 4.06. The molecule has 1 heterocycles. The number of nitrogens with one attached hydrogen (secondary N) is 1. The van der Waals surface area contributed by atoms with Crippen LogP contribution in [-0.4, -0.2) is 19.6 Å². The third-order valence-corrected chi connectivity index (χ3v) is 3.14. The van der Waals surface area contributed by atoms with Crippen LogP contribution < -0.4 is 10.1 Å². The Bertz CT molecular complexity index is 458. The predicted molar refractivity (Wildman–Crippen MR) is 67.7 cm³/mol. The highest BCUT2D eigenvalue weighted by atomic mass is 16.5. The second-order valence-corrected chi connectivity index (χ2v) is 5.40. The van der Waals surface area contributed by atoms with Gasteiger partial charge < -0.3 is 10.1 Å². The van der Waals surface area contributed by atoms with Gasteiger partial charge in [-0.05, 0) is 17.0 Å². The fourth-order valence-electron chi connectivity index (χ4n) is 2.31. The number of hydrogen-bond donors (Lipinski definition) is 1. The molecule has 1 aliphatic rings. The van der Waals surface area contributed by atoms with Gasteiger partial charge in [-0.15, -0.1) is 0 Å². The Morgan fingerprint density at radius 2 is 2.06 bits per heavy atom. The van der Waals surface area contributed by atoms with Crippen molar-refractivity contribution >= 4 is 5.91 Å². The summed E-state index contributed by atoms with van der Waals surface area (Å²) in [4.78, 5) is 11.7. The lowest BCUT2D eigenvalue weighted by molar-refractivity contribution is 0.0960. The average molecular weight is 233 g/mol. The van der Waals surface area contributed by atoms with Gasteiger partial charge in [0.1, 0.15) is 5.75 Å². The first-order valence-electron chi connectivity index (χ1n) is 5.96. The summed E-state index contributed by atoms with van der Waals surface area (Å²) >= 11 is 0. The van der Waals surface area contributed by atoms with E-state index in [1.54, 1.807) is 7.05 Å². The average Bonchev–Trinajstić information content (AvgIpc) is 2.73. The second-order valence-electron chi connectivity index (χ2n) is 5.40. The quantitative estimate of drug-likeness (QED) is 0.808. The Labute approximate surface area is 102 Å². The molecule has 3 nitrogen and oxygen atoms in total. The van der Waals surface area contributed by atoms with Crippen LogP contribution in [0.15, 0.2) is 12.1 Å². The van der Waals surface area contributed by atoms with E-state index in [4.69, 9.17) is 4.74 Å². The van der Waals surface area contributed by atoms with E-state index in [-0.39, 0.29) is 11.3 Å². The lowest BCUT2D eigenvalue weighted by Crippen LogP contribution is -2.20. The smallest absolute Gasteiger partial charge is 0.254 e. The molecular weight excluding hydrogens is 214 g/mol. The van der Waals surface area contributed by atoms with E-state index >= 15 is 0 Å². The van der Waals surface area contributed by atoms with Crippen molar-refractivity contribution in [2.75, 3.05) is 13.7 Å². The molecule has 0 fully saturated rings. The standard InChI is InChI=1S/C14H19NO2/c1-14(2,3)11-6-5-10(13(16)15-4)12-9(11)7-8-17-12/h5-6H,7-8H2,1-4H3,(H,15,16). The van der Waals surface area contributed by atoms with Crippen LogP contribution in [0.5, 0.6) is 5.75 Å². The summed E-state index contributed by atoms with van der Waals surface area (Å²) in [6.07, 6.45) is 0.896. The summed E-state index contributed by atoms with van der Waals surface area (Å²) in [7, 11) is 1.64. The van der Waals surface area contributed by atoms with E-state index in [0.29, 0.717) is 12.2 Å².